The molecule has 0 aliphatic rings. The highest BCUT2D eigenvalue weighted by molar-refractivity contribution is 9.10. The summed E-state index contributed by atoms with van der Waals surface area (Å²) in [6, 6.07) is 18.5. The Balaban J connectivity index is 2.24. The fourth-order valence-corrected chi connectivity index (χ4v) is 3.16. The molecule has 0 unspecified atom stereocenters. The Morgan fingerprint density at radius 2 is 1.84 bits per heavy atom. The second-order valence-electron chi connectivity index (χ2n) is 5.14. The van der Waals surface area contributed by atoms with Crippen molar-refractivity contribution in [1.82, 2.24) is 0 Å². The lowest BCUT2D eigenvalue weighted by atomic mass is 10.2. The number of Topliss-reactive ketones (excluding diaryl/α,β-unsaturated/α-hetero) is 1. The summed E-state index contributed by atoms with van der Waals surface area (Å²) in [5, 5.41) is 9.83. The van der Waals surface area contributed by atoms with Gasteiger partial charge in [0.25, 0.3) is 0 Å². The zero-order chi connectivity index (χ0) is 18.2. The maximum atomic E-state index is 12.4. The van der Waals surface area contributed by atoms with Crippen LogP contribution in [0.4, 0.5) is 5.69 Å². The Morgan fingerprint density at radius 1 is 1.20 bits per heavy atom. The summed E-state index contributed by atoms with van der Waals surface area (Å²) in [7, 11) is 0. The largest absolute Gasteiger partial charge is 0.401 e. The van der Waals surface area contributed by atoms with E-state index in [1.807, 2.05) is 42.5 Å². The van der Waals surface area contributed by atoms with Crippen molar-refractivity contribution in [2.75, 3.05) is 5.75 Å². The number of nitrogens with zero attached hydrogens (tertiary/aromatic N) is 2. The van der Waals surface area contributed by atoms with Crippen LogP contribution in [-0.2, 0) is 0 Å². The van der Waals surface area contributed by atoms with Gasteiger partial charge < -0.3 is 5.73 Å². The van der Waals surface area contributed by atoms with Gasteiger partial charge in [-0.15, -0.1) is 0 Å². The lowest BCUT2D eigenvalue weighted by Crippen LogP contribution is -2.09. The zero-order valence-electron chi connectivity index (χ0n) is 13.6. The van der Waals surface area contributed by atoms with Crippen LogP contribution in [-0.4, -0.2) is 16.6 Å². The second kappa shape index (κ2) is 9.21. The van der Waals surface area contributed by atoms with Crippen LogP contribution >= 0.6 is 27.7 Å². The Bertz CT molecular complexity index is 848. The van der Waals surface area contributed by atoms with Crippen molar-refractivity contribution in [3.05, 3.63) is 75.9 Å². The third-order valence-electron chi connectivity index (χ3n) is 3.21. The third kappa shape index (κ3) is 5.59. The van der Waals surface area contributed by atoms with Crippen molar-refractivity contribution in [1.29, 1.82) is 5.26 Å². The molecule has 2 N–H and O–H groups in total. The van der Waals surface area contributed by atoms with E-state index in [2.05, 4.69) is 27.0 Å². The van der Waals surface area contributed by atoms with E-state index in [4.69, 9.17) is 5.73 Å². The molecule has 0 saturated carbocycles. The van der Waals surface area contributed by atoms with E-state index in [9.17, 15) is 10.1 Å². The molecule has 0 atom stereocenters. The van der Waals surface area contributed by atoms with Gasteiger partial charge in [-0.05, 0) is 31.2 Å². The lowest BCUT2D eigenvalue weighted by Gasteiger charge is -2.07. The van der Waals surface area contributed by atoms with Gasteiger partial charge in [0.05, 0.1) is 11.4 Å². The number of para-hydroxylation sites is 1. The number of ketones is 1. The summed E-state index contributed by atoms with van der Waals surface area (Å²) in [5.74, 6) is 0.136. The van der Waals surface area contributed by atoms with Crippen molar-refractivity contribution in [3.63, 3.8) is 0 Å². The van der Waals surface area contributed by atoms with Gasteiger partial charge in [-0.25, -0.2) is 4.99 Å². The number of hydrogen-bond acceptors (Lipinski definition) is 5. The van der Waals surface area contributed by atoms with E-state index < -0.39 is 0 Å². The highest BCUT2D eigenvalue weighted by atomic mass is 79.9. The van der Waals surface area contributed by atoms with Crippen molar-refractivity contribution in [3.8, 4) is 6.07 Å². The van der Waals surface area contributed by atoms with E-state index in [0.29, 0.717) is 22.0 Å². The Morgan fingerprint density at radius 3 is 2.40 bits per heavy atom. The first-order valence-electron chi connectivity index (χ1n) is 7.43. The molecular weight excluding hydrogens is 398 g/mol. The summed E-state index contributed by atoms with van der Waals surface area (Å²) in [6.07, 6.45) is 0. The number of hydrogen-bond donors (Lipinski definition) is 1. The summed E-state index contributed by atoms with van der Waals surface area (Å²) in [4.78, 5) is 16.9. The van der Waals surface area contributed by atoms with Crippen LogP contribution in [0, 0.1) is 11.3 Å². The minimum Gasteiger partial charge on any atom is -0.401 e. The predicted molar refractivity (Wildman–Crippen MR) is 107 cm³/mol. The molecule has 2 rings (SSSR count). The van der Waals surface area contributed by atoms with Gasteiger partial charge >= 0.3 is 0 Å². The van der Waals surface area contributed by atoms with Crippen molar-refractivity contribution >= 4 is 44.2 Å². The van der Waals surface area contributed by atoms with Crippen LogP contribution in [0.25, 0.3) is 0 Å². The molecule has 0 fully saturated rings. The summed E-state index contributed by atoms with van der Waals surface area (Å²) >= 11 is 4.56. The number of allylic oxidation sites excluding steroid dienone is 1. The van der Waals surface area contributed by atoms with Crippen LogP contribution in [0.2, 0.25) is 0 Å². The van der Waals surface area contributed by atoms with Crippen molar-refractivity contribution in [2.24, 2.45) is 10.7 Å². The molecule has 6 heteroatoms. The summed E-state index contributed by atoms with van der Waals surface area (Å²) < 4.78 is 0.913. The number of carbonyl (C=O) groups is 1. The van der Waals surface area contributed by atoms with Gasteiger partial charge in [-0.3, -0.25) is 4.79 Å². The number of rotatable bonds is 5. The Hall–Kier alpha value is -2.36. The maximum Gasteiger partial charge on any atom is 0.173 e. The highest BCUT2D eigenvalue weighted by Crippen LogP contribution is 2.22. The lowest BCUT2D eigenvalue weighted by molar-refractivity contribution is 0.102. The molecule has 4 nitrogen and oxygen atoms in total. The molecule has 0 amide bonds. The highest BCUT2D eigenvalue weighted by Gasteiger charge is 2.14. The van der Waals surface area contributed by atoms with E-state index in [0.717, 1.165) is 4.47 Å². The van der Waals surface area contributed by atoms with E-state index in [1.54, 1.807) is 19.1 Å². The predicted octanol–water partition coefficient (Wildman–Crippen LogP) is 4.85. The van der Waals surface area contributed by atoms with Crippen molar-refractivity contribution in [2.45, 2.75) is 6.92 Å². The molecule has 0 aromatic heterocycles. The molecule has 0 bridgehead atoms. The van der Waals surface area contributed by atoms with E-state index in [-0.39, 0.29) is 17.1 Å². The quantitative estimate of drug-likeness (QED) is 0.328. The number of benzene rings is 2. The minimum absolute atomic E-state index is 0.0368. The van der Waals surface area contributed by atoms with Crippen LogP contribution < -0.4 is 5.73 Å². The number of halogens is 1. The SMILES string of the molecule is C/C(N)=C(\C#N)C(=Nc1ccccc1)SCC(=O)c1ccc(Br)cc1. The van der Waals surface area contributed by atoms with Gasteiger partial charge in [-0.2, -0.15) is 5.26 Å². The molecule has 2 aromatic rings. The average Bonchev–Trinajstić information content (AvgIpc) is 2.61. The molecule has 25 heavy (non-hydrogen) atoms. The summed E-state index contributed by atoms with van der Waals surface area (Å²) in [5.41, 5.74) is 7.79. The molecule has 0 saturated heterocycles. The maximum absolute atomic E-state index is 12.4. The molecular formula is C19H16BrN3OS. The van der Waals surface area contributed by atoms with Crippen LogP contribution in [0.1, 0.15) is 17.3 Å². The topological polar surface area (TPSA) is 79.2 Å². The number of nitriles is 1. The van der Waals surface area contributed by atoms with Gasteiger partial charge in [0.2, 0.25) is 0 Å². The smallest absolute Gasteiger partial charge is 0.173 e. The number of aliphatic imine (C=N–C) groups is 1. The molecule has 0 radical (unpaired) electrons. The Kier molecular flexibility index (Phi) is 6.99. The second-order valence-corrected chi connectivity index (χ2v) is 7.02. The number of nitrogens with two attached hydrogens (primary N) is 1. The van der Waals surface area contributed by atoms with Gasteiger partial charge in [0.15, 0.2) is 5.78 Å². The molecule has 0 aliphatic heterocycles. The normalized spacial score (nSPS) is 12.3. The number of carbonyl (C=O) groups excluding carboxylic acids is 1. The monoisotopic (exact) mass is 413 g/mol. The van der Waals surface area contributed by atoms with Gasteiger partial charge in [0.1, 0.15) is 16.7 Å². The molecule has 126 valence electrons. The van der Waals surface area contributed by atoms with Crippen LogP contribution in [0.15, 0.2) is 75.3 Å². The van der Waals surface area contributed by atoms with E-state index >= 15 is 0 Å². The van der Waals surface area contributed by atoms with Crippen LogP contribution in [0.3, 0.4) is 0 Å². The fourth-order valence-electron chi connectivity index (χ4n) is 1.94. The first kappa shape index (κ1) is 19.0. The van der Waals surface area contributed by atoms with E-state index in [1.165, 1.54) is 11.8 Å². The van der Waals surface area contributed by atoms with Gasteiger partial charge in [0, 0.05) is 15.7 Å². The number of thioether (sulfide) groups is 1. The molecule has 2 aromatic carbocycles. The van der Waals surface area contributed by atoms with Crippen LogP contribution in [0.5, 0.6) is 0 Å². The van der Waals surface area contributed by atoms with Crippen molar-refractivity contribution < 1.29 is 4.79 Å². The minimum atomic E-state index is -0.0368. The fraction of sp³-hybridized carbons (Fsp3) is 0.105. The van der Waals surface area contributed by atoms with Gasteiger partial charge in [-0.1, -0.05) is 58.0 Å². The first-order chi connectivity index (χ1) is 12.0. The average molecular weight is 414 g/mol. The summed E-state index contributed by atoms with van der Waals surface area (Å²) in [6.45, 7) is 1.65. The zero-order valence-corrected chi connectivity index (χ0v) is 16.0. The first-order valence-corrected chi connectivity index (χ1v) is 9.21. The molecule has 0 spiro atoms. The third-order valence-corrected chi connectivity index (χ3v) is 4.72. The Labute approximate surface area is 159 Å². The molecule has 0 heterocycles. The molecule has 0 aliphatic carbocycles. The standard InChI is InChI=1S/C19H16BrN3OS/c1-13(22)17(11-21)19(23-16-5-3-2-4-6-16)25-12-18(24)14-7-9-15(20)10-8-14/h2-10H,12,22H2,1H3/b17-13-,23-19?.